The van der Waals surface area contributed by atoms with Gasteiger partial charge >= 0.3 is 12.0 Å². The molecular formula is C20H20N4O4S. The number of thioether (sulfide) groups is 1. The molecule has 0 aliphatic carbocycles. The van der Waals surface area contributed by atoms with Crippen LogP contribution in [-0.2, 0) is 11.3 Å². The van der Waals surface area contributed by atoms with Crippen molar-refractivity contribution in [2.24, 2.45) is 0 Å². The topological polar surface area (TPSA) is 99.3 Å². The number of anilines is 1. The summed E-state index contributed by atoms with van der Waals surface area (Å²) in [6, 6.07) is 14.9. The maximum Gasteiger partial charge on any atom is 0.434 e. The first-order valence-corrected chi connectivity index (χ1v) is 9.89. The minimum Gasteiger partial charge on any atom is -0.448 e. The summed E-state index contributed by atoms with van der Waals surface area (Å²) in [7, 11) is 0. The monoisotopic (exact) mass is 412 g/mol. The summed E-state index contributed by atoms with van der Waals surface area (Å²) in [5.41, 5.74) is 2.69. The average molecular weight is 412 g/mol. The highest BCUT2D eigenvalue weighted by Gasteiger charge is 2.16. The minimum absolute atomic E-state index is 0.180. The minimum atomic E-state index is -0.494. The number of nitrogens with zero attached hydrogens (tertiary/aromatic N) is 3. The molecule has 0 atom stereocenters. The van der Waals surface area contributed by atoms with Gasteiger partial charge in [0.05, 0.1) is 6.54 Å². The largest absolute Gasteiger partial charge is 0.448 e. The molecule has 0 saturated heterocycles. The van der Waals surface area contributed by atoms with Crippen LogP contribution in [0.3, 0.4) is 0 Å². The molecule has 2 aromatic carbocycles. The predicted octanol–water partition coefficient (Wildman–Crippen LogP) is 4.49. The first-order valence-electron chi connectivity index (χ1n) is 8.90. The van der Waals surface area contributed by atoms with Gasteiger partial charge < -0.3 is 14.9 Å². The molecule has 1 heterocycles. The number of nitrogens with one attached hydrogen (secondary N) is 1. The Balaban J connectivity index is 1.52. The second-order valence-electron chi connectivity index (χ2n) is 6.13. The van der Waals surface area contributed by atoms with E-state index in [1.165, 1.54) is 10.8 Å². The van der Waals surface area contributed by atoms with Crippen molar-refractivity contribution in [2.45, 2.75) is 18.4 Å². The number of imidazole rings is 1. The van der Waals surface area contributed by atoms with Crippen LogP contribution < -0.4 is 5.32 Å². The Morgan fingerprint density at radius 1 is 1.24 bits per heavy atom. The summed E-state index contributed by atoms with van der Waals surface area (Å²) in [5, 5.41) is 13.7. The number of hydrogen-bond donors (Lipinski definition) is 1. The quantitative estimate of drug-likeness (QED) is 0.253. The Kier molecular flexibility index (Phi) is 6.85. The second kappa shape index (κ2) is 9.74. The van der Waals surface area contributed by atoms with Crippen molar-refractivity contribution in [3.63, 3.8) is 0 Å². The Morgan fingerprint density at radius 3 is 2.79 bits per heavy atom. The number of carbonyl (C=O) groups excluding carboxylic acids is 1. The van der Waals surface area contributed by atoms with Crippen LogP contribution >= 0.6 is 11.8 Å². The molecule has 8 nitrogen and oxygen atoms in total. The van der Waals surface area contributed by atoms with Crippen molar-refractivity contribution >= 4 is 29.5 Å². The number of para-hydroxylation sites is 1. The van der Waals surface area contributed by atoms with Crippen LogP contribution in [0.4, 0.5) is 16.4 Å². The lowest BCUT2D eigenvalue weighted by Gasteiger charge is -2.11. The van der Waals surface area contributed by atoms with E-state index in [4.69, 9.17) is 4.74 Å². The number of hydrogen-bond acceptors (Lipinski definition) is 6. The number of aromatic nitrogens is 2. The van der Waals surface area contributed by atoms with Gasteiger partial charge in [0.1, 0.15) is 19.0 Å². The molecule has 0 aliphatic rings. The maximum atomic E-state index is 11.8. The number of rotatable bonds is 8. The molecule has 9 heteroatoms. The molecule has 1 N–H and O–H groups in total. The summed E-state index contributed by atoms with van der Waals surface area (Å²) < 4.78 is 6.71. The predicted molar refractivity (Wildman–Crippen MR) is 111 cm³/mol. The van der Waals surface area contributed by atoms with E-state index >= 15 is 0 Å². The SMILES string of the molecule is Cc1c(Cn2ccnc2[N+](=O)[O-])cccc1SCCOC(=O)Nc1ccccc1. The van der Waals surface area contributed by atoms with Gasteiger partial charge in [-0.2, -0.15) is 0 Å². The molecule has 0 aliphatic heterocycles. The first kappa shape index (κ1) is 20.4. The first-order chi connectivity index (χ1) is 14.0. The van der Waals surface area contributed by atoms with E-state index in [9.17, 15) is 14.9 Å². The highest BCUT2D eigenvalue weighted by Crippen LogP contribution is 2.26. The molecule has 1 aromatic heterocycles. The van der Waals surface area contributed by atoms with Crippen molar-refractivity contribution in [3.8, 4) is 0 Å². The summed E-state index contributed by atoms with van der Waals surface area (Å²) in [4.78, 5) is 27.2. The molecular weight excluding hydrogens is 392 g/mol. The van der Waals surface area contributed by atoms with E-state index in [0.29, 0.717) is 18.0 Å². The van der Waals surface area contributed by atoms with Gasteiger partial charge in [-0.1, -0.05) is 35.3 Å². The van der Waals surface area contributed by atoms with Crippen LogP contribution in [0, 0.1) is 17.0 Å². The lowest BCUT2D eigenvalue weighted by molar-refractivity contribution is -0.396. The van der Waals surface area contributed by atoms with Crippen LogP contribution in [0.5, 0.6) is 0 Å². The number of ether oxygens (including phenoxy) is 1. The van der Waals surface area contributed by atoms with Gasteiger partial charge in [0.25, 0.3) is 0 Å². The molecule has 0 radical (unpaired) electrons. The Hall–Kier alpha value is -3.33. The third-order valence-electron chi connectivity index (χ3n) is 4.19. The summed E-state index contributed by atoms with van der Waals surface area (Å²) >= 11 is 1.57. The van der Waals surface area contributed by atoms with Crippen molar-refractivity contribution in [1.29, 1.82) is 0 Å². The molecule has 3 aromatic rings. The molecule has 1 amide bonds. The van der Waals surface area contributed by atoms with Crippen LogP contribution in [0.1, 0.15) is 11.1 Å². The van der Waals surface area contributed by atoms with Crippen LogP contribution in [0.25, 0.3) is 0 Å². The van der Waals surface area contributed by atoms with Gasteiger partial charge in [0.2, 0.25) is 0 Å². The lowest BCUT2D eigenvalue weighted by atomic mass is 10.1. The van der Waals surface area contributed by atoms with Crippen molar-refractivity contribution < 1.29 is 14.5 Å². The van der Waals surface area contributed by atoms with Crippen LogP contribution in [-0.4, -0.2) is 32.9 Å². The molecule has 29 heavy (non-hydrogen) atoms. The van der Waals surface area contributed by atoms with E-state index < -0.39 is 11.0 Å². The molecule has 3 rings (SSSR count). The van der Waals surface area contributed by atoms with Crippen molar-refractivity contribution in [2.75, 3.05) is 17.7 Å². The van der Waals surface area contributed by atoms with Crippen molar-refractivity contribution in [3.05, 3.63) is 82.2 Å². The highest BCUT2D eigenvalue weighted by atomic mass is 32.2. The standard InChI is InChI=1S/C20H20N4O4S/c1-15-16(14-23-11-10-21-19(23)24(26)27)6-5-9-18(15)29-13-12-28-20(25)22-17-7-3-2-4-8-17/h2-11H,12-14H2,1H3,(H,22,25). The van der Waals surface area contributed by atoms with Gasteiger partial charge in [-0.3, -0.25) is 5.32 Å². The number of benzene rings is 2. The Labute approximate surface area is 172 Å². The lowest BCUT2D eigenvalue weighted by Crippen LogP contribution is -2.15. The van der Waals surface area contributed by atoms with Gasteiger partial charge in [-0.05, 0) is 41.2 Å². The van der Waals surface area contributed by atoms with Gasteiger partial charge in [-0.25, -0.2) is 9.36 Å². The Morgan fingerprint density at radius 2 is 2.03 bits per heavy atom. The molecule has 0 fully saturated rings. The smallest absolute Gasteiger partial charge is 0.434 e. The average Bonchev–Trinajstić information content (AvgIpc) is 3.17. The van der Waals surface area contributed by atoms with Crippen molar-refractivity contribution in [1.82, 2.24) is 9.55 Å². The van der Waals surface area contributed by atoms with E-state index in [0.717, 1.165) is 16.0 Å². The zero-order valence-electron chi connectivity index (χ0n) is 15.8. The number of amides is 1. The van der Waals surface area contributed by atoms with Crippen LogP contribution in [0.2, 0.25) is 0 Å². The molecule has 0 saturated carbocycles. The normalized spacial score (nSPS) is 10.5. The van der Waals surface area contributed by atoms with E-state index in [1.54, 1.807) is 30.1 Å². The molecule has 150 valence electrons. The van der Waals surface area contributed by atoms with Gasteiger partial charge in [0, 0.05) is 16.3 Å². The summed E-state index contributed by atoms with van der Waals surface area (Å²) in [6.07, 6.45) is 2.52. The third-order valence-corrected chi connectivity index (χ3v) is 5.31. The van der Waals surface area contributed by atoms with E-state index in [-0.39, 0.29) is 12.6 Å². The van der Waals surface area contributed by atoms with Gasteiger partial charge in [-0.15, -0.1) is 11.8 Å². The summed E-state index contributed by atoms with van der Waals surface area (Å²) in [6.45, 7) is 2.61. The van der Waals surface area contributed by atoms with E-state index in [2.05, 4.69) is 10.3 Å². The maximum absolute atomic E-state index is 11.8. The fourth-order valence-corrected chi connectivity index (χ4v) is 3.64. The fourth-order valence-electron chi connectivity index (χ4n) is 2.73. The van der Waals surface area contributed by atoms with Gasteiger partial charge in [0.15, 0.2) is 0 Å². The molecule has 0 bridgehead atoms. The molecule has 0 unspecified atom stereocenters. The molecule has 0 spiro atoms. The fraction of sp³-hybridized carbons (Fsp3) is 0.200. The zero-order chi connectivity index (χ0) is 20.6. The third kappa shape index (κ3) is 5.58. The number of carbonyl (C=O) groups is 1. The summed E-state index contributed by atoms with van der Waals surface area (Å²) in [5.74, 6) is 0.415. The van der Waals surface area contributed by atoms with Crippen LogP contribution in [0.15, 0.2) is 65.8 Å². The number of nitro groups is 1. The Bertz CT molecular complexity index is 991. The zero-order valence-corrected chi connectivity index (χ0v) is 16.6. The van der Waals surface area contributed by atoms with E-state index in [1.807, 2.05) is 43.3 Å². The second-order valence-corrected chi connectivity index (χ2v) is 7.26. The highest BCUT2D eigenvalue weighted by molar-refractivity contribution is 7.99.